The highest BCUT2D eigenvalue weighted by Gasteiger charge is 2.28. The number of hydrogen-bond donors (Lipinski definition) is 2. The minimum atomic E-state index is -4.38. The zero-order valence-electron chi connectivity index (χ0n) is 16.7. The molecule has 2 N–H and O–H groups in total. The van der Waals surface area contributed by atoms with E-state index in [4.69, 9.17) is 19.3 Å². The number of rotatable bonds is 10. The Morgan fingerprint density at radius 1 is 1.00 bits per heavy atom. The highest BCUT2D eigenvalue weighted by Crippen LogP contribution is 2.42. The summed E-state index contributed by atoms with van der Waals surface area (Å²) in [5, 5.41) is 0. The van der Waals surface area contributed by atoms with Gasteiger partial charge in [-0.3, -0.25) is 4.52 Å². The Hall–Kier alpha value is -1.85. The number of hydrogen-bond acceptors (Lipinski definition) is 4. The van der Waals surface area contributed by atoms with Crippen LogP contribution in [0.3, 0.4) is 0 Å². The third-order valence-electron chi connectivity index (χ3n) is 5.41. The van der Waals surface area contributed by atoms with Crippen LogP contribution in [0.1, 0.15) is 42.7 Å². The number of methoxy groups -OCH3 is 1. The Kier molecular flexibility index (Phi) is 7.73. The highest BCUT2D eigenvalue weighted by molar-refractivity contribution is 7.46. The standard InChI is InChI=1S/C22H29O6P/c1-26-21-10-5-17(6-11-21)3-2-14-27-22-12-8-19(9-13-22)20-7-4-18(15-20)16-28-29(23,24)25/h5-6,8-13,18,20H,2-4,7,14-16H2,1H3,(H2,23,24,25). The van der Waals surface area contributed by atoms with E-state index in [9.17, 15) is 4.57 Å². The van der Waals surface area contributed by atoms with Crippen LogP contribution in [0.25, 0.3) is 0 Å². The van der Waals surface area contributed by atoms with Gasteiger partial charge in [0.1, 0.15) is 11.5 Å². The average molecular weight is 420 g/mol. The van der Waals surface area contributed by atoms with Crippen molar-refractivity contribution in [3.63, 3.8) is 0 Å². The van der Waals surface area contributed by atoms with Crippen molar-refractivity contribution in [2.75, 3.05) is 20.3 Å². The van der Waals surface area contributed by atoms with E-state index in [0.717, 1.165) is 43.6 Å². The van der Waals surface area contributed by atoms with E-state index in [2.05, 4.69) is 28.8 Å². The lowest BCUT2D eigenvalue weighted by Gasteiger charge is -2.13. The van der Waals surface area contributed by atoms with Gasteiger partial charge < -0.3 is 19.3 Å². The first-order chi connectivity index (χ1) is 13.9. The first-order valence-corrected chi connectivity index (χ1v) is 11.5. The molecule has 1 aliphatic carbocycles. The molecular weight excluding hydrogens is 391 g/mol. The maximum Gasteiger partial charge on any atom is 0.469 e. The van der Waals surface area contributed by atoms with Crippen molar-refractivity contribution in [1.82, 2.24) is 0 Å². The van der Waals surface area contributed by atoms with Gasteiger partial charge in [-0.1, -0.05) is 24.3 Å². The van der Waals surface area contributed by atoms with E-state index < -0.39 is 7.82 Å². The van der Waals surface area contributed by atoms with Crippen LogP contribution in [-0.4, -0.2) is 30.1 Å². The zero-order valence-corrected chi connectivity index (χ0v) is 17.6. The number of phosphoric ester groups is 1. The van der Waals surface area contributed by atoms with Crippen LogP contribution in [0, 0.1) is 5.92 Å². The van der Waals surface area contributed by atoms with Gasteiger partial charge in [-0.25, -0.2) is 4.57 Å². The van der Waals surface area contributed by atoms with Crippen molar-refractivity contribution < 1.29 is 28.3 Å². The molecule has 0 heterocycles. The summed E-state index contributed by atoms with van der Waals surface area (Å²) in [7, 11) is -2.71. The molecule has 7 heteroatoms. The van der Waals surface area contributed by atoms with E-state index in [1.165, 1.54) is 11.1 Å². The minimum Gasteiger partial charge on any atom is -0.497 e. The first-order valence-electron chi connectivity index (χ1n) is 9.99. The van der Waals surface area contributed by atoms with Crippen molar-refractivity contribution in [3.8, 4) is 11.5 Å². The third kappa shape index (κ3) is 7.16. The van der Waals surface area contributed by atoms with Crippen molar-refractivity contribution in [1.29, 1.82) is 0 Å². The summed E-state index contributed by atoms with van der Waals surface area (Å²) in [6.07, 6.45) is 4.73. The first kappa shape index (κ1) is 21.8. The lowest BCUT2D eigenvalue weighted by Crippen LogP contribution is -2.05. The topological polar surface area (TPSA) is 85.2 Å². The summed E-state index contributed by atoms with van der Waals surface area (Å²) < 4.78 is 26.5. The third-order valence-corrected chi connectivity index (χ3v) is 5.89. The van der Waals surface area contributed by atoms with Gasteiger partial charge in [0.25, 0.3) is 0 Å². The Balaban J connectivity index is 1.39. The zero-order chi connectivity index (χ0) is 20.7. The molecule has 158 valence electrons. The molecular formula is C22H29O6P. The van der Waals surface area contributed by atoms with Crippen LogP contribution < -0.4 is 9.47 Å². The summed E-state index contributed by atoms with van der Waals surface area (Å²) in [5.74, 6) is 2.34. The van der Waals surface area contributed by atoms with Crippen molar-refractivity contribution >= 4 is 7.82 Å². The van der Waals surface area contributed by atoms with E-state index in [-0.39, 0.29) is 12.5 Å². The van der Waals surface area contributed by atoms with Gasteiger partial charge in [-0.05, 0) is 79.3 Å². The molecule has 0 bridgehead atoms. The van der Waals surface area contributed by atoms with Crippen LogP contribution in [0.15, 0.2) is 48.5 Å². The second kappa shape index (κ2) is 10.3. The number of ether oxygens (including phenoxy) is 2. The Morgan fingerprint density at radius 3 is 2.34 bits per heavy atom. The molecule has 29 heavy (non-hydrogen) atoms. The molecule has 2 aromatic rings. The van der Waals surface area contributed by atoms with E-state index in [0.29, 0.717) is 12.5 Å². The monoisotopic (exact) mass is 420 g/mol. The van der Waals surface area contributed by atoms with Crippen LogP contribution in [0.5, 0.6) is 11.5 Å². The van der Waals surface area contributed by atoms with Gasteiger partial charge in [0.05, 0.1) is 20.3 Å². The minimum absolute atomic E-state index is 0.121. The molecule has 1 aliphatic rings. The Morgan fingerprint density at radius 2 is 1.69 bits per heavy atom. The molecule has 2 aromatic carbocycles. The van der Waals surface area contributed by atoms with Gasteiger partial charge >= 0.3 is 7.82 Å². The maximum absolute atomic E-state index is 10.8. The Bertz CT molecular complexity index is 799. The van der Waals surface area contributed by atoms with E-state index >= 15 is 0 Å². The molecule has 6 nitrogen and oxygen atoms in total. The molecule has 0 aliphatic heterocycles. The number of phosphoric acid groups is 1. The summed E-state index contributed by atoms with van der Waals surface area (Å²) >= 11 is 0. The lowest BCUT2D eigenvalue weighted by atomic mass is 9.96. The summed E-state index contributed by atoms with van der Waals surface area (Å²) in [4.78, 5) is 17.7. The fourth-order valence-corrected chi connectivity index (χ4v) is 4.23. The molecule has 2 atom stereocenters. The quantitative estimate of drug-likeness (QED) is 0.428. The van der Waals surface area contributed by atoms with Crippen molar-refractivity contribution in [2.24, 2.45) is 5.92 Å². The molecule has 2 unspecified atom stereocenters. The van der Waals surface area contributed by atoms with Crippen LogP contribution in [-0.2, 0) is 15.5 Å². The van der Waals surface area contributed by atoms with E-state index in [1.807, 2.05) is 24.3 Å². The lowest BCUT2D eigenvalue weighted by molar-refractivity contribution is 0.168. The SMILES string of the molecule is COc1ccc(CCCOc2ccc(C3CCC(COP(=O)(O)O)C3)cc2)cc1. The fourth-order valence-electron chi connectivity index (χ4n) is 3.83. The number of benzene rings is 2. The molecule has 0 spiro atoms. The molecule has 0 amide bonds. The summed E-state index contributed by atoms with van der Waals surface area (Å²) in [5.41, 5.74) is 2.51. The smallest absolute Gasteiger partial charge is 0.469 e. The van der Waals surface area contributed by atoms with Gasteiger partial charge in [0.15, 0.2) is 0 Å². The second-order valence-corrected chi connectivity index (χ2v) is 8.77. The maximum atomic E-state index is 10.8. The average Bonchev–Trinajstić information content (AvgIpc) is 3.19. The molecule has 1 saturated carbocycles. The largest absolute Gasteiger partial charge is 0.497 e. The van der Waals surface area contributed by atoms with Crippen LogP contribution in [0.4, 0.5) is 0 Å². The predicted octanol–water partition coefficient (Wildman–Crippen LogP) is 4.70. The molecule has 0 radical (unpaired) electrons. The van der Waals surface area contributed by atoms with E-state index in [1.54, 1.807) is 7.11 Å². The van der Waals surface area contributed by atoms with Crippen molar-refractivity contribution in [3.05, 3.63) is 59.7 Å². The normalized spacial score (nSPS) is 19.3. The highest BCUT2D eigenvalue weighted by atomic mass is 31.2. The summed E-state index contributed by atoms with van der Waals surface area (Å²) in [6, 6.07) is 16.3. The summed E-state index contributed by atoms with van der Waals surface area (Å²) in [6.45, 7) is 0.784. The molecule has 1 fully saturated rings. The molecule has 0 aromatic heterocycles. The van der Waals surface area contributed by atoms with Crippen molar-refractivity contribution in [2.45, 2.75) is 38.0 Å². The van der Waals surface area contributed by atoms with Gasteiger partial charge in [0, 0.05) is 0 Å². The second-order valence-electron chi connectivity index (χ2n) is 7.53. The fraction of sp³-hybridized carbons (Fsp3) is 0.455. The Labute approximate surface area is 172 Å². The van der Waals surface area contributed by atoms with Gasteiger partial charge in [-0.15, -0.1) is 0 Å². The van der Waals surface area contributed by atoms with Gasteiger partial charge in [0.2, 0.25) is 0 Å². The van der Waals surface area contributed by atoms with Gasteiger partial charge in [-0.2, -0.15) is 0 Å². The van der Waals surface area contributed by atoms with Crippen LogP contribution in [0.2, 0.25) is 0 Å². The number of aryl methyl sites for hydroxylation is 1. The van der Waals surface area contributed by atoms with Crippen LogP contribution >= 0.6 is 7.82 Å². The molecule has 3 rings (SSSR count). The molecule has 0 saturated heterocycles. The predicted molar refractivity (Wildman–Crippen MR) is 111 cm³/mol.